The van der Waals surface area contributed by atoms with Gasteiger partial charge in [-0.1, -0.05) is 11.6 Å². The Labute approximate surface area is 107 Å². The van der Waals surface area contributed by atoms with Crippen molar-refractivity contribution < 1.29 is 0 Å². The number of aliphatic imine (C=N–C) groups is 1. The highest BCUT2D eigenvalue weighted by Gasteiger charge is 2.29. The minimum atomic E-state index is 0.907. The van der Waals surface area contributed by atoms with Crippen molar-refractivity contribution in [1.29, 1.82) is 0 Å². The zero-order valence-electron chi connectivity index (χ0n) is 10.9. The SMILES string of the molecule is Cc1ccc2c(c1)c1c3n2CCN=C3N(C)CC1. The van der Waals surface area contributed by atoms with Crippen molar-refractivity contribution in [1.82, 2.24) is 9.47 Å². The van der Waals surface area contributed by atoms with E-state index in [1.54, 1.807) is 0 Å². The molecule has 0 saturated carbocycles. The third kappa shape index (κ3) is 1.17. The Hall–Kier alpha value is -1.77. The molecule has 0 saturated heterocycles. The van der Waals surface area contributed by atoms with Crippen molar-refractivity contribution in [2.75, 3.05) is 20.1 Å². The monoisotopic (exact) mass is 239 g/mol. The van der Waals surface area contributed by atoms with Crippen LogP contribution < -0.4 is 0 Å². The summed E-state index contributed by atoms with van der Waals surface area (Å²) in [6.45, 7) is 5.18. The Morgan fingerprint density at radius 1 is 1.22 bits per heavy atom. The van der Waals surface area contributed by atoms with Crippen LogP contribution in [-0.4, -0.2) is 35.4 Å². The molecule has 0 fully saturated rings. The fourth-order valence-corrected chi connectivity index (χ4v) is 3.30. The number of aryl methyl sites for hydroxylation is 1. The minimum Gasteiger partial charge on any atom is -0.358 e. The highest BCUT2D eigenvalue weighted by atomic mass is 15.2. The molecule has 0 amide bonds. The van der Waals surface area contributed by atoms with E-state index < -0.39 is 0 Å². The molecule has 0 spiro atoms. The first-order chi connectivity index (χ1) is 8.75. The number of amidine groups is 1. The van der Waals surface area contributed by atoms with Gasteiger partial charge in [0.1, 0.15) is 5.84 Å². The minimum absolute atomic E-state index is 0.907. The average molecular weight is 239 g/mol. The van der Waals surface area contributed by atoms with Crippen LogP contribution >= 0.6 is 0 Å². The zero-order valence-corrected chi connectivity index (χ0v) is 10.9. The van der Waals surface area contributed by atoms with Gasteiger partial charge in [0.2, 0.25) is 0 Å². The smallest absolute Gasteiger partial charge is 0.148 e. The zero-order chi connectivity index (χ0) is 12.3. The molecule has 0 aliphatic carbocycles. The molecule has 0 atom stereocenters. The predicted molar refractivity (Wildman–Crippen MR) is 74.4 cm³/mol. The highest BCUT2D eigenvalue weighted by Crippen LogP contribution is 2.32. The van der Waals surface area contributed by atoms with E-state index in [4.69, 9.17) is 4.99 Å². The van der Waals surface area contributed by atoms with Crippen molar-refractivity contribution in [2.45, 2.75) is 19.9 Å². The summed E-state index contributed by atoms with van der Waals surface area (Å²) in [5, 5.41) is 1.44. The lowest BCUT2D eigenvalue weighted by molar-refractivity contribution is 0.478. The number of nitrogens with zero attached hydrogens (tertiary/aromatic N) is 3. The van der Waals surface area contributed by atoms with E-state index in [1.807, 2.05) is 0 Å². The van der Waals surface area contributed by atoms with Gasteiger partial charge in [-0.3, -0.25) is 4.99 Å². The Kier molecular flexibility index (Phi) is 1.91. The first-order valence-corrected chi connectivity index (χ1v) is 6.63. The molecule has 2 aliphatic rings. The summed E-state index contributed by atoms with van der Waals surface area (Å²) in [5.74, 6) is 1.19. The van der Waals surface area contributed by atoms with Gasteiger partial charge in [0.15, 0.2) is 0 Å². The fourth-order valence-electron chi connectivity index (χ4n) is 3.30. The number of benzene rings is 1. The van der Waals surface area contributed by atoms with Crippen LogP contribution in [0.15, 0.2) is 23.2 Å². The third-order valence-electron chi connectivity index (χ3n) is 4.18. The van der Waals surface area contributed by atoms with Crippen LogP contribution in [0.1, 0.15) is 16.8 Å². The van der Waals surface area contributed by atoms with Gasteiger partial charge in [0.05, 0.1) is 12.2 Å². The summed E-state index contributed by atoms with van der Waals surface area (Å²) in [6, 6.07) is 6.82. The van der Waals surface area contributed by atoms with Gasteiger partial charge in [-0.2, -0.15) is 0 Å². The van der Waals surface area contributed by atoms with Crippen LogP contribution in [0.5, 0.6) is 0 Å². The van der Waals surface area contributed by atoms with Crippen molar-refractivity contribution in [2.24, 2.45) is 4.99 Å². The molecule has 0 unspecified atom stereocenters. The second kappa shape index (κ2) is 3.37. The second-order valence-corrected chi connectivity index (χ2v) is 5.38. The Morgan fingerprint density at radius 2 is 2.11 bits per heavy atom. The maximum absolute atomic E-state index is 4.72. The third-order valence-corrected chi connectivity index (χ3v) is 4.18. The van der Waals surface area contributed by atoms with Crippen LogP contribution in [0, 0.1) is 6.92 Å². The molecule has 92 valence electrons. The lowest BCUT2D eigenvalue weighted by Gasteiger charge is -2.30. The molecule has 2 aliphatic heterocycles. The first-order valence-electron chi connectivity index (χ1n) is 6.63. The Morgan fingerprint density at radius 3 is 3.00 bits per heavy atom. The maximum Gasteiger partial charge on any atom is 0.148 e. The number of hydrogen-bond acceptors (Lipinski definition) is 2. The molecule has 4 rings (SSSR count). The highest BCUT2D eigenvalue weighted by molar-refractivity contribution is 6.06. The van der Waals surface area contributed by atoms with Crippen molar-refractivity contribution in [3.05, 3.63) is 35.0 Å². The van der Waals surface area contributed by atoms with E-state index in [0.29, 0.717) is 0 Å². The van der Waals surface area contributed by atoms with E-state index in [1.165, 1.54) is 33.6 Å². The molecule has 1 aromatic carbocycles. The standard InChI is InChI=1S/C15H17N3/c1-10-3-4-13-12(9-10)11-5-7-17(2)15-14(11)18(13)8-6-16-15/h3-4,9H,5-8H2,1-2H3. The maximum atomic E-state index is 4.72. The Balaban J connectivity index is 2.13. The topological polar surface area (TPSA) is 20.5 Å². The Bertz CT molecular complexity index is 679. The van der Waals surface area contributed by atoms with Crippen molar-refractivity contribution in [3.8, 4) is 0 Å². The number of fused-ring (bicyclic) bond motifs is 3. The second-order valence-electron chi connectivity index (χ2n) is 5.38. The lowest BCUT2D eigenvalue weighted by Crippen LogP contribution is -2.38. The van der Waals surface area contributed by atoms with E-state index in [2.05, 4.69) is 41.6 Å². The van der Waals surface area contributed by atoms with Gasteiger partial charge in [-0.05, 0) is 31.0 Å². The molecular weight excluding hydrogens is 222 g/mol. The fraction of sp³-hybridized carbons (Fsp3) is 0.400. The molecule has 2 aromatic rings. The van der Waals surface area contributed by atoms with E-state index in [9.17, 15) is 0 Å². The van der Waals surface area contributed by atoms with E-state index in [0.717, 1.165) is 26.1 Å². The van der Waals surface area contributed by atoms with Crippen LogP contribution in [0.25, 0.3) is 10.9 Å². The van der Waals surface area contributed by atoms with E-state index in [-0.39, 0.29) is 0 Å². The van der Waals surface area contributed by atoms with E-state index >= 15 is 0 Å². The normalized spacial score (nSPS) is 17.9. The largest absolute Gasteiger partial charge is 0.358 e. The summed E-state index contributed by atoms with van der Waals surface area (Å²) in [5.41, 5.74) is 5.60. The van der Waals surface area contributed by atoms with Crippen LogP contribution in [0.3, 0.4) is 0 Å². The van der Waals surface area contributed by atoms with Crippen LogP contribution in [0.4, 0.5) is 0 Å². The van der Waals surface area contributed by atoms with Crippen molar-refractivity contribution >= 4 is 16.7 Å². The van der Waals surface area contributed by atoms with Gasteiger partial charge in [-0.15, -0.1) is 0 Å². The van der Waals surface area contributed by atoms with Crippen LogP contribution in [-0.2, 0) is 13.0 Å². The van der Waals surface area contributed by atoms with Gasteiger partial charge in [0, 0.05) is 31.0 Å². The number of hydrogen-bond donors (Lipinski definition) is 0. The van der Waals surface area contributed by atoms with Crippen LogP contribution in [0.2, 0.25) is 0 Å². The summed E-state index contributed by atoms with van der Waals surface area (Å²) in [6.07, 6.45) is 1.14. The summed E-state index contributed by atoms with van der Waals surface area (Å²) in [4.78, 5) is 7.02. The molecule has 3 heteroatoms. The van der Waals surface area contributed by atoms with Gasteiger partial charge in [-0.25, -0.2) is 0 Å². The molecule has 0 radical (unpaired) electrons. The van der Waals surface area contributed by atoms with Crippen molar-refractivity contribution in [3.63, 3.8) is 0 Å². The molecule has 1 aromatic heterocycles. The van der Waals surface area contributed by atoms with Gasteiger partial charge >= 0.3 is 0 Å². The summed E-state index contributed by atoms with van der Waals surface area (Å²) in [7, 11) is 2.15. The molecule has 18 heavy (non-hydrogen) atoms. The lowest BCUT2D eigenvalue weighted by atomic mass is 10.0. The molecule has 0 N–H and O–H groups in total. The number of aromatic nitrogens is 1. The first kappa shape index (κ1) is 10.2. The molecule has 3 nitrogen and oxygen atoms in total. The summed E-state index contributed by atoms with van der Waals surface area (Å²) < 4.78 is 2.46. The molecule has 3 heterocycles. The van der Waals surface area contributed by atoms with Gasteiger partial charge in [0.25, 0.3) is 0 Å². The van der Waals surface area contributed by atoms with Gasteiger partial charge < -0.3 is 9.47 Å². The number of likely N-dealkylation sites (N-methyl/N-ethyl adjacent to an activating group) is 1. The quantitative estimate of drug-likeness (QED) is 0.690. The predicted octanol–water partition coefficient (Wildman–Crippen LogP) is 2.20. The molecule has 0 bridgehead atoms. The summed E-state index contributed by atoms with van der Waals surface area (Å²) >= 11 is 0. The number of rotatable bonds is 0. The molecular formula is C15H17N3. The average Bonchev–Trinajstić information content (AvgIpc) is 2.69.